The molecule has 0 radical (unpaired) electrons. The number of hydrogen-bond donors (Lipinski definition) is 3. The second kappa shape index (κ2) is 7.79. The van der Waals surface area contributed by atoms with Gasteiger partial charge in [-0.15, -0.1) is 0 Å². The van der Waals surface area contributed by atoms with E-state index in [0.29, 0.717) is 16.8 Å². The summed E-state index contributed by atoms with van der Waals surface area (Å²) < 4.78 is 36.8. The highest BCUT2D eigenvalue weighted by Crippen LogP contribution is 2.23. The highest BCUT2D eigenvalue weighted by molar-refractivity contribution is 6.01. The summed E-state index contributed by atoms with van der Waals surface area (Å²) >= 11 is 0. The Labute approximate surface area is 154 Å². The normalized spacial score (nSPS) is 13.6. The first-order valence-electron chi connectivity index (χ1n) is 8.12. The van der Waals surface area contributed by atoms with E-state index in [1.807, 2.05) is 0 Å². The molecule has 144 valence electrons. The van der Waals surface area contributed by atoms with Crippen LogP contribution in [0.5, 0.6) is 0 Å². The van der Waals surface area contributed by atoms with E-state index in [4.69, 9.17) is 5.73 Å². The molecule has 2 amide bonds. The Balaban J connectivity index is 2.19. The predicted molar refractivity (Wildman–Crippen MR) is 96.2 cm³/mol. The summed E-state index contributed by atoms with van der Waals surface area (Å²) in [5, 5.41) is 4.44. The zero-order chi connectivity index (χ0) is 20.2. The number of rotatable bonds is 5. The van der Waals surface area contributed by atoms with Gasteiger partial charge in [-0.05, 0) is 37.1 Å². The van der Waals surface area contributed by atoms with Gasteiger partial charge < -0.3 is 16.4 Å². The standard InChI is InChI=1S/C19H20F3N3O2/c1-12-8-9-13(16(26)24-11-19(20,21)22)10-15(12)25-17(27)18(2,23)14-6-4-3-5-7-14/h3-10H,11,23H2,1-2H3,(H,24,26)(H,25,27). The average molecular weight is 379 g/mol. The van der Waals surface area contributed by atoms with Crippen molar-refractivity contribution in [2.24, 2.45) is 5.73 Å². The Morgan fingerprint density at radius 1 is 1.07 bits per heavy atom. The first-order chi connectivity index (χ1) is 12.5. The number of anilines is 1. The largest absolute Gasteiger partial charge is 0.405 e. The molecule has 0 spiro atoms. The molecule has 0 aliphatic heterocycles. The Bertz CT molecular complexity index is 834. The smallest absolute Gasteiger partial charge is 0.343 e. The Kier molecular flexibility index (Phi) is 5.90. The number of benzene rings is 2. The molecule has 0 saturated heterocycles. The van der Waals surface area contributed by atoms with Crippen LogP contribution in [0.2, 0.25) is 0 Å². The molecular weight excluding hydrogens is 359 g/mol. The Morgan fingerprint density at radius 2 is 1.70 bits per heavy atom. The van der Waals surface area contributed by atoms with Crippen molar-refractivity contribution in [1.29, 1.82) is 0 Å². The second-order valence-corrected chi connectivity index (χ2v) is 6.35. The number of carbonyl (C=O) groups is 2. The molecule has 2 aromatic carbocycles. The quantitative estimate of drug-likeness (QED) is 0.746. The third kappa shape index (κ3) is 5.30. The van der Waals surface area contributed by atoms with Gasteiger partial charge in [0.2, 0.25) is 5.91 Å². The van der Waals surface area contributed by atoms with Gasteiger partial charge in [0.05, 0.1) is 0 Å². The lowest BCUT2D eigenvalue weighted by atomic mass is 9.92. The van der Waals surface area contributed by atoms with Crippen LogP contribution in [0.4, 0.5) is 18.9 Å². The lowest BCUT2D eigenvalue weighted by Crippen LogP contribution is -2.45. The lowest BCUT2D eigenvalue weighted by Gasteiger charge is -2.24. The monoisotopic (exact) mass is 379 g/mol. The van der Waals surface area contributed by atoms with Crippen LogP contribution in [0.1, 0.15) is 28.4 Å². The van der Waals surface area contributed by atoms with Gasteiger partial charge in [0.15, 0.2) is 0 Å². The zero-order valence-corrected chi connectivity index (χ0v) is 14.9. The molecule has 0 aliphatic rings. The molecule has 0 saturated carbocycles. The molecule has 8 heteroatoms. The number of carbonyl (C=O) groups excluding carboxylic acids is 2. The van der Waals surface area contributed by atoms with Crippen molar-refractivity contribution < 1.29 is 22.8 Å². The van der Waals surface area contributed by atoms with Crippen molar-refractivity contribution in [3.05, 3.63) is 65.2 Å². The molecule has 0 aromatic heterocycles. The maximum atomic E-state index is 12.6. The van der Waals surface area contributed by atoms with Crippen molar-refractivity contribution in [1.82, 2.24) is 5.32 Å². The van der Waals surface area contributed by atoms with Crippen LogP contribution in [-0.2, 0) is 10.3 Å². The number of nitrogens with one attached hydrogen (secondary N) is 2. The topological polar surface area (TPSA) is 84.2 Å². The van der Waals surface area contributed by atoms with E-state index in [-0.39, 0.29) is 5.56 Å². The number of halogens is 3. The number of aryl methyl sites for hydroxylation is 1. The Morgan fingerprint density at radius 3 is 2.30 bits per heavy atom. The van der Waals surface area contributed by atoms with Crippen LogP contribution in [0.15, 0.2) is 48.5 Å². The summed E-state index contributed by atoms with van der Waals surface area (Å²) in [6, 6.07) is 13.0. The van der Waals surface area contributed by atoms with E-state index in [2.05, 4.69) is 5.32 Å². The highest BCUT2D eigenvalue weighted by Gasteiger charge is 2.31. The predicted octanol–water partition coefficient (Wildman–Crippen LogP) is 3.10. The summed E-state index contributed by atoms with van der Waals surface area (Å²) in [6.45, 7) is 1.81. The average Bonchev–Trinajstić information content (AvgIpc) is 2.61. The van der Waals surface area contributed by atoms with Gasteiger partial charge in [0.1, 0.15) is 12.1 Å². The molecule has 0 heterocycles. The number of hydrogen-bond acceptors (Lipinski definition) is 3. The van der Waals surface area contributed by atoms with E-state index in [0.717, 1.165) is 0 Å². The molecule has 4 N–H and O–H groups in total. The van der Waals surface area contributed by atoms with Crippen molar-refractivity contribution in [2.75, 3.05) is 11.9 Å². The number of alkyl halides is 3. The second-order valence-electron chi connectivity index (χ2n) is 6.35. The van der Waals surface area contributed by atoms with Gasteiger partial charge in [0, 0.05) is 11.3 Å². The fraction of sp³-hybridized carbons (Fsp3) is 0.263. The molecule has 0 aliphatic carbocycles. The fourth-order valence-corrected chi connectivity index (χ4v) is 2.35. The first kappa shape index (κ1) is 20.4. The van der Waals surface area contributed by atoms with Crippen LogP contribution >= 0.6 is 0 Å². The maximum absolute atomic E-state index is 12.6. The fourth-order valence-electron chi connectivity index (χ4n) is 2.35. The Hall–Kier alpha value is -2.87. The minimum atomic E-state index is -4.51. The summed E-state index contributed by atoms with van der Waals surface area (Å²) in [4.78, 5) is 24.6. The van der Waals surface area contributed by atoms with Crippen molar-refractivity contribution >= 4 is 17.5 Å². The molecule has 1 atom stereocenters. The number of amides is 2. The maximum Gasteiger partial charge on any atom is 0.405 e. The van der Waals surface area contributed by atoms with Gasteiger partial charge in [-0.2, -0.15) is 13.2 Å². The van der Waals surface area contributed by atoms with E-state index < -0.39 is 30.1 Å². The van der Waals surface area contributed by atoms with E-state index in [9.17, 15) is 22.8 Å². The summed E-state index contributed by atoms with van der Waals surface area (Å²) in [7, 11) is 0. The summed E-state index contributed by atoms with van der Waals surface area (Å²) in [5.74, 6) is -1.40. The molecule has 1 unspecified atom stereocenters. The molecule has 2 aromatic rings. The third-order valence-corrected chi connectivity index (χ3v) is 4.04. The van der Waals surface area contributed by atoms with Gasteiger partial charge in [-0.25, -0.2) is 0 Å². The summed E-state index contributed by atoms with van der Waals surface area (Å²) in [5.41, 5.74) is 6.36. The van der Waals surface area contributed by atoms with Crippen LogP contribution in [0, 0.1) is 6.92 Å². The minimum Gasteiger partial charge on any atom is -0.343 e. The van der Waals surface area contributed by atoms with Crippen molar-refractivity contribution in [2.45, 2.75) is 25.6 Å². The SMILES string of the molecule is Cc1ccc(C(=O)NCC(F)(F)F)cc1NC(=O)C(C)(N)c1ccccc1. The minimum absolute atomic E-state index is 0.00131. The van der Waals surface area contributed by atoms with E-state index in [1.54, 1.807) is 49.5 Å². The first-order valence-corrected chi connectivity index (χ1v) is 8.12. The third-order valence-electron chi connectivity index (χ3n) is 4.04. The van der Waals surface area contributed by atoms with Gasteiger partial charge in [-0.1, -0.05) is 36.4 Å². The van der Waals surface area contributed by atoms with E-state index in [1.165, 1.54) is 18.2 Å². The molecule has 2 rings (SSSR count). The number of nitrogens with two attached hydrogens (primary N) is 1. The molecule has 5 nitrogen and oxygen atoms in total. The van der Waals surface area contributed by atoms with E-state index >= 15 is 0 Å². The van der Waals surface area contributed by atoms with Crippen molar-refractivity contribution in [3.63, 3.8) is 0 Å². The zero-order valence-electron chi connectivity index (χ0n) is 14.9. The van der Waals surface area contributed by atoms with Gasteiger partial charge >= 0.3 is 6.18 Å². The van der Waals surface area contributed by atoms with Crippen LogP contribution in [-0.4, -0.2) is 24.5 Å². The van der Waals surface area contributed by atoms with Crippen LogP contribution in [0.3, 0.4) is 0 Å². The van der Waals surface area contributed by atoms with Crippen LogP contribution in [0.25, 0.3) is 0 Å². The highest BCUT2D eigenvalue weighted by atomic mass is 19.4. The van der Waals surface area contributed by atoms with Crippen molar-refractivity contribution in [3.8, 4) is 0 Å². The summed E-state index contributed by atoms with van der Waals surface area (Å²) in [6.07, 6.45) is -4.51. The van der Waals surface area contributed by atoms with Gasteiger partial charge in [0.25, 0.3) is 5.91 Å². The molecule has 0 fully saturated rings. The molecule has 0 bridgehead atoms. The molecule has 27 heavy (non-hydrogen) atoms. The molecular formula is C19H20F3N3O2. The van der Waals surface area contributed by atoms with Gasteiger partial charge in [-0.3, -0.25) is 9.59 Å². The van der Waals surface area contributed by atoms with Crippen LogP contribution < -0.4 is 16.4 Å². The lowest BCUT2D eigenvalue weighted by molar-refractivity contribution is -0.123.